The minimum absolute atomic E-state index is 0.0530. The van der Waals surface area contributed by atoms with E-state index in [0.717, 1.165) is 64.0 Å². The third-order valence-electron chi connectivity index (χ3n) is 9.01. The highest BCUT2D eigenvalue weighted by atomic mass is 16.1. The number of carbonyl (C=O) groups is 2. The summed E-state index contributed by atoms with van der Waals surface area (Å²) in [5, 5.41) is 27.6. The molecule has 0 amide bonds. The molecule has 0 aliphatic heterocycles. The van der Waals surface area contributed by atoms with Crippen molar-refractivity contribution >= 4 is 11.6 Å². The number of aromatic nitrogens is 10. The Kier molecular flexibility index (Phi) is 9.06. The molecule has 2 aliphatic rings. The van der Waals surface area contributed by atoms with Gasteiger partial charge in [0.2, 0.25) is 0 Å². The van der Waals surface area contributed by atoms with Crippen molar-refractivity contribution in [1.82, 2.24) is 51.2 Å². The van der Waals surface area contributed by atoms with Gasteiger partial charge >= 0.3 is 0 Å². The van der Waals surface area contributed by atoms with E-state index in [1.807, 2.05) is 86.6 Å². The molecule has 4 aromatic heterocycles. The number of nitrogens with zero attached hydrogens (tertiary/aromatic N) is 8. The van der Waals surface area contributed by atoms with Crippen LogP contribution >= 0.6 is 0 Å². The molecule has 256 valence electrons. The van der Waals surface area contributed by atoms with Gasteiger partial charge < -0.3 is 0 Å². The lowest BCUT2D eigenvalue weighted by Crippen LogP contribution is -2.31. The first-order chi connectivity index (χ1) is 25.0. The molecule has 12 nitrogen and oxygen atoms in total. The molecule has 0 bridgehead atoms. The van der Waals surface area contributed by atoms with Gasteiger partial charge in [-0.2, -0.15) is 0 Å². The van der Waals surface area contributed by atoms with Gasteiger partial charge in [-0.15, -0.1) is 10.2 Å². The van der Waals surface area contributed by atoms with Gasteiger partial charge in [0.15, 0.2) is 23.2 Å². The van der Waals surface area contributed by atoms with Crippen molar-refractivity contribution in [3.63, 3.8) is 0 Å². The van der Waals surface area contributed by atoms with Crippen LogP contribution in [-0.4, -0.2) is 62.8 Å². The number of Topliss-reactive ketones (excluding diaryl/α,β-unsaturated/α-hetero) is 2. The molecule has 4 heterocycles. The normalized spacial score (nSPS) is 15.1. The van der Waals surface area contributed by atoms with Gasteiger partial charge in [0, 0.05) is 45.2 Å². The molecule has 0 radical (unpaired) electrons. The van der Waals surface area contributed by atoms with Crippen LogP contribution in [0.2, 0.25) is 0 Å². The summed E-state index contributed by atoms with van der Waals surface area (Å²) in [4.78, 5) is 33.9. The summed E-state index contributed by atoms with van der Waals surface area (Å²) in [6, 6.07) is 22.6. The number of aromatic amines is 2. The number of H-pyrrole nitrogens is 2. The summed E-state index contributed by atoms with van der Waals surface area (Å²) in [7, 11) is 0. The number of tetrazole rings is 2. The standard InChI is InChI=1S/2C20H17N5O/c1-20(2)11-17-16(18(26)12-20)9-8-15(21-17)7-6-13-4-3-5-14(10-13)19-22-24-25-23-19;1-20(2)11-10-17-16(18(20)26)9-8-15(21-17)7-6-13-4-3-5-14(12-13)19-22-24-25-23-19/h3-5,8-10H,11-12H2,1-2H3,(H,22,23,24,25);3-5,8-9,12H,10-11H2,1-2H3,(H,22,23,24,25). The number of carbonyl (C=O) groups excluding carboxylic acids is 2. The molecular formula is C40H34N10O2. The minimum atomic E-state index is -0.308. The molecule has 0 unspecified atom stereocenters. The van der Waals surface area contributed by atoms with Crippen LogP contribution in [0.25, 0.3) is 22.8 Å². The first-order valence-corrected chi connectivity index (χ1v) is 16.8. The van der Waals surface area contributed by atoms with Gasteiger partial charge in [-0.05, 0) is 106 Å². The van der Waals surface area contributed by atoms with Crippen LogP contribution in [0, 0.1) is 34.5 Å². The second-order valence-corrected chi connectivity index (χ2v) is 14.2. The topological polar surface area (TPSA) is 169 Å². The van der Waals surface area contributed by atoms with Crippen LogP contribution in [0.3, 0.4) is 0 Å². The molecule has 0 spiro atoms. The monoisotopic (exact) mass is 686 g/mol. The molecule has 0 fully saturated rings. The zero-order chi connectivity index (χ0) is 36.3. The van der Waals surface area contributed by atoms with Crippen LogP contribution in [-0.2, 0) is 12.8 Å². The Balaban J connectivity index is 0.000000162. The van der Waals surface area contributed by atoms with Crippen molar-refractivity contribution < 1.29 is 9.59 Å². The van der Waals surface area contributed by atoms with E-state index in [0.29, 0.717) is 29.5 Å². The van der Waals surface area contributed by atoms with E-state index in [-0.39, 0.29) is 22.4 Å². The van der Waals surface area contributed by atoms with Crippen molar-refractivity contribution in [1.29, 1.82) is 0 Å². The van der Waals surface area contributed by atoms with Crippen LogP contribution in [0.4, 0.5) is 0 Å². The van der Waals surface area contributed by atoms with Crippen molar-refractivity contribution in [2.45, 2.75) is 53.4 Å². The number of rotatable bonds is 2. The van der Waals surface area contributed by atoms with E-state index in [2.05, 4.69) is 88.7 Å². The molecule has 2 aromatic carbocycles. The van der Waals surface area contributed by atoms with Crippen molar-refractivity contribution in [3.05, 3.63) is 118 Å². The predicted octanol–water partition coefficient (Wildman–Crippen LogP) is 5.63. The maximum Gasteiger partial charge on any atom is 0.179 e. The molecule has 8 rings (SSSR count). The fourth-order valence-electron chi connectivity index (χ4n) is 6.21. The number of nitrogens with one attached hydrogen (secondary N) is 2. The third-order valence-corrected chi connectivity index (χ3v) is 9.01. The summed E-state index contributed by atoms with van der Waals surface area (Å²) in [6.45, 7) is 8.17. The van der Waals surface area contributed by atoms with E-state index in [1.165, 1.54) is 0 Å². The van der Waals surface area contributed by atoms with Gasteiger partial charge in [0.25, 0.3) is 0 Å². The highest BCUT2D eigenvalue weighted by Crippen LogP contribution is 2.35. The Morgan fingerprint density at radius 1 is 0.635 bits per heavy atom. The molecule has 0 saturated heterocycles. The van der Waals surface area contributed by atoms with E-state index in [9.17, 15) is 9.59 Å². The number of aryl methyl sites for hydroxylation is 1. The number of hydrogen-bond donors (Lipinski definition) is 2. The van der Waals surface area contributed by atoms with Crippen LogP contribution in [0.1, 0.15) is 95.2 Å². The Labute approximate surface area is 300 Å². The quantitative estimate of drug-likeness (QED) is 0.218. The highest BCUT2D eigenvalue weighted by molar-refractivity contribution is 6.02. The fourth-order valence-corrected chi connectivity index (χ4v) is 6.21. The lowest BCUT2D eigenvalue weighted by molar-refractivity contribution is 0.0809. The van der Waals surface area contributed by atoms with Gasteiger partial charge in [-0.1, -0.05) is 63.8 Å². The van der Waals surface area contributed by atoms with Crippen LogP contribution < -0.4 is 0 Å². The van der Waals surface area contributed by atoms with Gasteiger partial charge in [0.05, 0.1) is 11.4 Å². The second-order valence-electron chi connectivity index (χ2n) is 14.2. The number of fused-ring (bicyclic) bond motifs is 2. The summed E-state index contributed by atoms with van der Waals surface area (Å²) < 4.78 is 0. The average molecular weight is 687 g/mol. The Bertz CT molecular complexity index is 2430. The van der Waals surface area contributed by atoms with E-state index in [4.69, 9.17) is 0 Å². The molecular weight excluding hydrogens is 653 g/mol. The third kappa shape index (κ3) is 7.57. The van der Waals surface area contributed by atoms with Crippen LogP contribution in [0.15, 0.2) is 72.8 Å². The number of ketones is 2. The fraction of sp³-hybridized carbons (Fsp3) is 0.250. The van der Waals surface area contributed by atoms with Gasteiger partial charge in [0.1, 0.15) is 11.4 Å². The molecule has 2 N–H and O–H groups in total. The Morgan fingerprint density at radius 3 is 1.75 bits per heavy atom. The second kappa shape index (κ2) is 13.9. The zero-order valence-electron chi connectivity index (χ0n) is 29.2. The molecule has 0 atom stereocenters. The summed E-state index contributed by atoms with van der Waals surface area (Å²) in [6.07, 6.45) is 2.97. The zero-order valence-corrected chi connectivity index (χ0v) is 29.2. The van der Waals surface area contributed by atoms with E-state index < -0.39 is 0 Å². The van der Waals surface area contributed by atoms with Gasteiger partial charge in [-0.25, -0.2) is 20.2 Å². The molecule has 0 saturated carbocycles. The average Bonchev–Trinajstić information content (AvgIpc) is 3.88. The molecule has 52 heavy (non-hydrogen) atoms. The number of hydrogen-bond acceptors (Lipinski definition) is 10. The smallest absolute Gasteiger partial charge is 0.179 e. The summed E-state index contributed by atoms with van der Waals surface area (Å²) in [5.41, 5.74) is 7.55. The maximum absolute atomic E-state index is 12.5. The van der Waals surface area contributed by atoms with Crippen molar-refractivity contribution in [2.75, 3.05) is 0 Å². The first-order valence-electron chi connectivity index (χ1n) is 16.8. The minimum Gasteiger partial charge on any atom is -0.294 e. The molecule has 6 aromatic rings. The predicted molar refractivity (Wildman–Crippen MR) is 193 cm³/mol. The maximum atomic E-state index is 12.5. The number of pyridine rings is 2. The van der Waals surface area contributed by atoms with E-state index >= 15 is 0 Å². The summed E-state index contributed by atoms with van der Waals surface area (Å²) >= 11 is 0. The Hall–Kier alpha value is -6.66. The summed E-state index contributed by atoms with van der Waals surface area (Å²) in [5.74, 6) is 13.9. The van der Waals surface area contributed by atoms with Crippen molar-refractivity contribution in [3.8, 4) is 46.5 Å². The molecule has 12 heteroatoms. The first kappa shape index (κ1) is 33.8. The lowest BCUT2D eigenvalue weighted by Gasteiger charge is -2.29. The number of benzene rings is 2. The molecule has 2 aliphatic carbocycles. The van der Waals surface area contributed by atoms with Crippen molar-refractivity contribution in [2.24, 2.45) is 10.8 Å². The Morgan fingerprint density at radius 2 is 1.19 bits per heavy atom. The largest absolute Gasteiger partial charge is 0.294 e. The highest BCUT2D eigenvalue weighted by Gasteiger charge is 2.35. The SMILES string of the molecule is CC1(C)CC(=O)c2ccc(C#Cc3cccc(-c4nnn[nH]4)c3)nc2C1.CC1(C)CCc2nc(C#Cc3cccc(-c4nnn[nH]4)c3)ccc2C1=O. The van der Waals surface area contributed by atoms with Gasteiger partial charge in [-0.3, -0.25) is 9.59 Å². The van der Waals surface area contributed by atoms with Crippen LogP contribution in [0.5, 0.6) is 0 Å². The van der Waals surface area contributed by atoms with E-state index in [1.54, 1.807) is 0 Å². The lowest BCUT2D eigenvalue weighted by atomic mass is 9.75.